The molecule has 1 atom stereocenters. The highest BCUT2D eigenvalue weighted by atomic mass is 14.9. The first-order valence-electron chi connectivity index (χ1n) is 6.85. The highest BCUT2D eigenvalue weighted by Crippen LogP contribution is 2.08. The summed E-state index contributed by atoms with van der Waals surface area (Å²) in [4.78, 5) is 0. The van der Waals surface area contributed by atoms with Gasteiger partial charge in [-0.25, -0.2) is 0 Å². The second kappa shape index (κ2) is 7.89. The first-order chi connectivity index (χ1) is 8.67. The average Bonchev–Trinajstić information content (AvgIpc) is 2.39. The minimum Gasteiger partial charge on any atom is -0.315 e. The lowest BCUT2D eigenvalue weighted by atomic mass is 9.97. The van der Waals surface area contributed by atoms with Crippen LogP contribution in [0.2, 0.25) is 0 Å². The van der Waals surface area contributed by atoms with Crippen molar-refractivity contribution in [1.29, 1.82) is 5.26 Å². The van der Waals surface area contributed by atoms with Gasteiger partial charge in [0.2, 0.25) is 0 Å². The number of hydrogen-bond donors (Lipinski definition) is 1. The Morgan fingerprint density at radius 3 is 2.28 bits per heavy atom. The van der Waals surface area contributed by atoms with Crippen molar-refractivity contribution >= 4 is 0 Å². The molecule has 1 N–H and O–H groups in total. The molecule has 0 aliphatic rings. The van der Waals surface area contributed by atoms with Crippen molar-refractivity contribution in [2.24, 2.45) is 11.8 Å². The number of nitriles is 1. The molecule has 0 spiro atoms. The number of aryl methyl sites for hydroxylation is 1. The summed E-state index contributed by atoms with van der Waals surface area (Å²) in [6.07, 6.45) is 2.12. The molecule has 0 saturated carbocycles. The maximum atomic E-state index is 8.98. The molecule has 0 fully saturated rings. The van der Waals surface area contributed by atoms with Crippen LogP contribution in [0, 0.1) is 23.2 Å². The lowest BCUT2D eigenvalue weighted by Gasteiger charge is -2.13. The van der Waals surface area contributed by atoms with Gasteiger partial charge in [0, 0.05) is 6.54 Å². The van der Waals surface area contributed by atoms with Crippen molar-refractivity contribution in [3.05, 3.63) is 35.4 Å². The summed E-state index contributed by atoms with van der Waals surface area (Å²) in [7, 11) is 0. The average molecular weight is 244 g/mol. The zero-order valence-corrected chi connectivity index (χ0v) is 11.7. The molecule has 1 unspecified atom stereocenters. The molecule has 0 aliphatic heterocycles. The number of nitrogens with one attached hydrogen (secondary N) is 1. The molecule has 1 aromatic carbocycles. The van der Waals surface area contributed by atoms with E-state index in [-0.39, 0.29) is 5.92 Å². The van der Waals surface area contributed by atoms with E-state index in [1.54, 1.807) is 0 Å². The van der Waals surface area contributed by atoms with Gasteiger partial charge in [-0.2, -0.15) is 5.26 Å². The number of nitrogens with zero attached hydrogens (tertiary/aromatic N) is 1. The Bertz CT molecular complexity index is 373. The lowest BCUT2D eigenvalue weighted by Crippen LogP contribution is -2.26. The molecule has 0 amide bonds. The third-order valence-corrected chi connectivity index (χ3v) is 3.36. The number of rotatable bonds is 7. The monoisotopic (exact) mass is 244 g/mol. The van der Waals surface area contributed by atoms with Crippen LogP contribution in [0.5, 0.6) is 0 Å². The van der Waals surface area contributed by atoms with E-state index in [0.29, 0.717) is 5.92 Å². The van der Waals surface area contributed by atoms with E-state index in [4.69, 9.17) is 5.26 Å². The van der Waals surface area contributed by atoms with Crippen molar-refractivity contribution in [2.75, 3.05) is 13.1 Å². The standard InChI is InChI=1S/C16H24N2/c1-4-14-5-7-15(8-6-14)9-10-18-12-16(11-17)13(2)3/h5-8,13,16,18H,4,9-10,12H2,1-3H3. The van der Waals surface area contributed by atoms with Crippen molar-refractivity contribution in [1.82, 2.24) is 5.32 Å². The fourth-order valence-corrected chi connectivity index (χ4v) is 1.86. The van der Waals surface area contributed by atoms with Gasteiger partial charge in [0.25, 0.3) is 0 Å². The van der Waals surface area contributed by atoms with E-state index < -0.39 is 0 Å². The van der Waals surface area contributed by atoms with Crippen LogP contribution in [0.15, 0.2) is 24.3 Å². The van der Waals surface area contributed by atoms with Gasteiger partial charge in [-0.05, 0) is 36.4 Å². The molecule has 1 aromatic rings. The first-order valence-corrected chi connectivity index (χ1v) is 6.85. The largest absolute Gasteiger partial charge is 0.315 e. The van der Waals surface area contributed by atoms with E-state index in [1.165, 1.54) is 11.1 Å². The van der Waals surface area contributed by atoms with Crippen LogP contribution in [0.1, 0.15) is 31.9 Å². The molecule has 0 bridgehead atoms. The Kier molecular flexibility index (Phi) is 6.46. The predicted octanol–water partition coefficient (Wildman–Crippen LogP) is 3.18. The van der Waals surface area contributed by atoms with E-state index in [2.05, 4.69) is 56.4 Å². The van der Waals surface area contributed by atoms with Gasteiger partial charge in [-0.3, -0.25) is 0 Å². The number of hydrogen-bond acceptors (Lipinski definition) is 2. The summed E-state index contributed by atoms with van der Waals surface area (Å²) in [5.74, 6) is 0.541. The summed E-state index contributed by atoms with van der Waals surface area (Å²) in [6.45, 7) is 8.10. The smallest absolute Gasteiger partial charge is 0.0671 e. The van der Waals surface area contributed by atoms with Crippen LogP contribution in [0.25, 0.3) is 0 Å². The van der Waals surface area contributed by atoms with Gasteiger partial charge in [-0.1, -0.05) is 45.0 Å². The molecule has 0 saturated heterocycles. The molecule has 2 heteroatoms. The molecule has 2 nitrogen and oxygen atoms in total. The summed E-state index contributed by atoms with van der Waals surface area (Å²) < 4.78 is 0. The van der Waals surface area contributed by atoms with E-state index in [9.17, 15) is 0 Å². The van der Waals surface area contributed by atoms with Gasteiger partial charge in [0.05, 0.1) is 12.0 Å². The molecule has 0 radical (unpaired) electrons. The van der Waals surface area contributed by atoms with Crippen LogP contribution in [-0.4, -0.2) is 13.1 Å². The molecule has 0 aliphatic carbocycles. The lowest BCUT2D eigenvalue weighted by molar-refractivity contribution is 0.444. The minimum absolute atomic E-state index is 0.118. The van der Waals surface area contributed by atoms with Gasteiger partial charge in [0.15, 0.2) is 0 Å². The summed E-state index contributed by atoms with van der Waals surface area (Å²) in [6, 6.07) is 11.1. The van der Waals surface area contributed by atoms with Crippen LogP contribution in [0.3, 0.4) is 0 Å². The molecule has 1 rings (SSSR count). The Morgan fingerprint density at radius 1 is 1.17 bits per heavy atom. The van der Waals surface area contributed by atoms with E-state index in [1.807, 2.05) is 0 Å². The summed E-state index contributed by atoms with van der Waals surface area (Å²) >= 11 is 0. The quantitative estimate of drug-likeness (QED) is 0.748. The Balaban J connectivity index is 2.27. The maximum Gasteiger partial charge on any atom is 0.0671 e. The molecule has 0 heterocycles. The third kappa shape index (κ3) is 4.89. The predicted molar refractivity (Wildman–Crippen MR) is 76.3 cm³/mol. The first kappa shape index (κ1) is 14.7. The second-order valence-corrected chi connectivity index (χ2v) is 5.10. The van der Waals surface area contributed by atoms with Crippen molar-refractivity contribution in [3.63, 3.8) is 0 Å². The summed E-state index contributed by atoms with van der Waals surface area (Å²) in [5.41, 5.74) is 2.74. The van der Waals surface area contributed by atoms with Crippen LogP contribution >= 0.6 is 0 Å². The molecule has 0 aromatic heterocycles. The highest BCUT2D eigenvalue weighted by molar-refractivity contribution is 5.22. The Labute approximate surface area is 111 Å². The highest BCUT2D eigenvalue weighted by Gasteiger charge is 2.10. The van der Waals surface area contributed by atoms with Gasteiger partial charge in [0.1, 0.15) is 0 Å². The normalized spacial score (nSPS) is 12.4. The van der Waals surface area contributed by atoms with E-state index in [0.717, 1.165) is 25.9 Å². The third-order valence-electron chi connectivity index (χ3n) is 3.36. The zero-order chi connectivity index (χ0) is 13.4. The maximum absolute atomic E-state index is 8.98. The molecule has 98 valence electrons. The fraction of sp³-hybridized carbons (Fsp3) is 0.562. The van der Waals surface area contributed by atoms with Crippen molar-refractivity contribution in [2.45, 2.75) is 33.6 Å². The summed E-state index contributed by atoms with van der Waals surface area (Å²) in [5, 5.41) is 12.4. The van der Waals surface area contributed by atoms with Gasteiger partial charge < -0.3 is 5.32 Å². The second-order valence-electron chi connectivity index (χ2n) is 5.10. The van der Waals surface area contributed by atoms with Gasteiger partial charge >= 0.3 is 0 Å². The van der Waals surface area contributed by atoms with Crippen molar-refractivity contribution in [3.8, 4) is 6.07 Å². The fourth-order valence-electron chi connectivity index (χ4n) is 1.86. The van der Waals surface area contributed by atoms with Crippen molar-refractivity contribution < 1.29 is 0 Å². The van der Waals surface area contributed by atoms with Gasteiger partial charge in [-0.15, -0.1) is 0 Å². The Morgan fingerprint density at radius 2 is 1.78 bits per heavy atom. The number of benzene rings is 1. The van der Waals surface area contributed by atoms with Crippen LogP contribution in [-0.2, 0) is 12.8 Å². The molecule has 18 heavy (non-hydrogen) atoms. The SMILES string of the molecule is CCc1ccc(CCNCC(C#N)C(C)C)cc1. The Hall–Kier alpha value is -1.33. The van der Waals surface area contributed by atoms with E-state index >= 15 is 0 Å². The molecular weight excluding hydrogens is 220 g/mol. The molecular formula is C16H24N2. The minimum atomic E-state index is 0.118. The topological polar surface area (TPSA) is 35.8 Å². The van der Waals surface area contributed by atoms with Crippen LogP contribution in [0.4, 0.5) is 0 Å². The van der Waals surface area contributed by atoms with Crippen LogP contribution < -0.4 is 5.32 Å². The zero-order valence-electron chi connectivity index (χ0n) is 11.7.